The second-order valence-corrected chi connectivity index (χ2v) is 4.49. The highest BCUT2D eigenvalue weighted by Gasteiger charge is 2.22. The first-order chi connectivity index (χ1) is 10.3. The summed E-state index contributed by atoms with van der Waals surface area (Å²) >= 11 is 0. The van der Waals surface area contributed by atoms with Gasteiger partial charge in [0.15, 0.2) is 17.5 Å². The van der Waals surface area contributed by atoms with Crippen molar-refractivity contribution in [1.29, 1.82) is 0 Å². The molecule has 1 rings (SSSR count). The molecule has 0 bridgehead atoms. The van der Waals surface area contributed by atoms with Crippen LogP contribution in [0.15, 0.2) is 23.2 Å². The number of hydrogen-bond acceptors (Lipinski definition) is 5. The van der Waals surface area contributed by atoms with Crippen molar-refractivity contribution in [2.45, 2.75) is 18.9 Å². The third-order valence-electron chi connectivity index (χ3n) is 2.81. The molecule has 0 aliphatic heterocycles. The Morgan fingerprint density at radius 2 is 1.95 bits per heavy atom. The number of aliphatic imine (C=N–C) groups is 1. The summed E-state index contributed by atoms with van der Waals surface area (Å²) in [6.07, 6.45) is 0.457. The Morgan fingerprint density at radius 1 is 1.27 bits per heavy atom. The first-order valence-electron chi connectivity index (χ1n) is 6.43. The number of aromatic hydroxyl groups is 2. The number of benzene rings is 1. The molecule has 120 valence electrons. The van der Waals surface area contributed by atoms with Crippen LogP contribution in [0.25, 0.3) is 0 Å². The first kappa shape index (κ1) is 17.1. The molecule has 1 aromatic carbocycles. The fourth-order valence-corrected chi connectivity index (χ4v) is 1.71. The maximum Gasteiger partial charge on any atom is 0.326 e. The summed E-state index contributed by atoms with van der Waals surface area (Å²) < 4.78 is 0. The number of phenolic OH excluding ortho intramolecular Hbond substituents is 2. The van der Waals surface area contributed by atoms with Gasteiger partial charge < -0.3 is 32.1 Å². The lowest BCUT2D eigenvalue weighted by Gasteiger charge is -2.14. The Morgan fingerprint density at radius 3 is 2.55 bits per heavy atom. The fraction of sp³-hybridized carbons (Fsp3) is 0.308. The van der Waals surface area contributed by atoms with Crippen LogP contribution in [0.2, 0.25) is 0 Å². The maximum absolute atomic E-state index is 12.0. The summed E-state index contributed by atoms with van der Waals surface area (Å²) in [7, 11) is 0. The summed E-state index contributed by atoms with van der Waals surface area (Å²) in [5, 5.41) is 30.3. The highest BCUT2D eigenvalue weighted by Crippen LogP contribution is 2.28. The summed E-state index contributed by atoms with van der Waals surface area (Å²) in [6.45, 7) is 0.235. The number of rotatable bonds is 7. The van der Waals surface area contributed by atoms with Crippen molar-refractivity contribution in [2.24, 2.45) is 16.5 Å². The van der Waals surface area contributed by atoms with E-state index < -0.39 is 29.4 Å². The lowest BCUT2D eigenvalue weighted by Crippen LogP contribution is -2.40. The van der Waals surface area contributed by atoms with E-state index in [-0.39, 0.29) is 24.5 Å². The number of carboxylic acids is 1. The van der Waals surface area contributed by atoms with Gasteiger partial charge in [0.2, 0.25) is 0 Å². The molecule has 0 aromatic heterocycles. The van der Waals surface area contributed by atoms with Gasteiger partial charge in [-0.05, 0) is 25.0 Å². The Bertz CT molecular complexity index is 584. The molecular weight excluding hydrogens is 292 g/mol. The van der Waals surface area contributed by atoms with E-state index in [0.717, 1.165) is 0 Å². The molecular formula is C13H18N4O5. The van der Waals surface area contributed by atoms with Crippen molar-refractivity contribution in [3.8, 4) is 11.5 Å². The van der Waals surface area contributed by atoms with Gasteiger partial charge in [0.1, 0.15) is 6.04 Å². The number of phenols is 2. The predicted molar refractivity (Wildman–Crippen MR) is 78.6 cm³/mol. The highest BCUT2D eigenvalue weighted by molar-refractivity contribution is 5.99. The molecule has 0 aliphatic rings. The minimum Gasteiger partial charge on any atom is -0.504 e. The number of guanidine groups is 1. The van der Waals surface area contributed by atoms with Gasteiger partial charge in [-0.25, -0.2) is 4.79 Å². The van der Waals surface area contributed by atoms with E-state index in [1.807, 2.05) is 0 Å². The number of para-hydroxylation sites is 1. The molecule has 9 nitrogen and oxygen atoms in total. The zero-order valence-electron chi connectivity index (χ0n) is 11.7. The van der Waals surface area contributed by atoms with Gasteiger partial charge in [-0.3, -0.25) is 9.79 Å². The summed E-state index contributed by atoms with van der Waals surface area (Å²) in [5.74, 6) is -3.20. The third kappa shape index (κ3) is 4.85. The molecule has 0 unspecified atom stereocenters. The number of carbonyl (C=O) groups is 2. The van der Waals surface area contributed by atoms with E-state index >= 15 is 0 Å². The van der Waals surface area contributed by atoms with Crippen molar-refractivity contribution in [1.82, 2.24) is 5.32 Å². The number of nitrogens with two attached hydrogens (primary N) is 2. The van der Waals surface area contributed by atoms with Gasteiger partial charge in [0, 0.05) is 6.54 Å². The third-order valence-corrected chi connectivity index (χ3v) is 2.81. The van der Waals surface area contributed by atoms with Crippen molar-refractivity contribution < 1.29 is 24.9 Å². The van der Waals surface area contributed by atoms with Gasteiger partial charge in [-0.15, -0.1) is 0 Å². The van der Waals surface area contributed by atoms with Gasteiger partial charge in [-0.1, -0.05) is 6.07 Å². The average molecular weight is 310 g/mol. The maximum atomic E-state index is 12.0. The van der Waals surface area contributed by atoms with Crippen LogP contribution in [0.4, 0.5) is 0 Å². The number of carboxylic acid groups (broad SMARTS) is 1. The Labute approximate surface area is 126 Å². The molecule has 0 fully saturated rings. The molecule has 22 heavy (non-hydrogen) atoms. The highest BCUT2D eigenvalue weighted by atomic mass is 16.4. The summed E-state index contributed by atoms with van der Waals surface area (Å²) in [5.41, 5.74) is 10.1. The Kier molecular flexibility index (Phi) is 5.99. The van der Waals surface area contributed by atoms with Crippen molar-refractivity contribution >= 4 is 17.8 Å². The van der Waals surface area contributed by atoms with Crippen LogP contribution in [-0.2, 0) is 4.79 Å². The minimum atomic E-state index is -1.22. The molecule has 1 amide bonds. The SMILES string of the molecule is NC(N)=NCCC[C@H](NC(=O)c1cccc(O)c1O)C(=O)O. The molecule has 1 atom stereocenters. The van der Waals surface area contributed by atoms with E-state index in [1.54, 1.807) is 0 Å². The molecule has 0 saturated heterocycles. The van der Waals surface area contributed by atoms with E-state index in [4.69, 9.17) is 16.6 Å². The second kappa shape index (κ2) is 7.72. The number of nitrogens with one attached hydrogen (secondary N) is 1. The summed E-state index contributed by atoms with van der Waals surface area (Å²) in [4.78, 5) is 26.8. The van der Waals surface area contributed by atoms with Crippen LogP contribution < -0.4 is 16.8 Å². The Hall–Kier alpha value is -2.97. The second-order valence-electron chi connectivity index (χ2n) is 4.49. The lowest BCUT2D eigenvalue weighted by atomic mass is 10.1. The molecule has 1 aromatic rings. The van der Waals surface area contributed by atoms with E-state index in [2.05, 4.69) is 10.3 Å². The quantitative estimate of drug-likeness (QED) is 0.168. The topological polar surface area (TPSA) is 171 Å². The average Bonchev–Trinajstić information content (AvgIpc) is 2.44. The van der Waals surface area contributed by atoms with Crippen molar-refractivity contribution in [3.63, 3.8) is 0 Å². The molecule has 0 saturated carbocycles. The largest absolute Gasteiger partial charge is 0.504 e. The number of amides is 1. The fourth-order valence-electron chi connectivity index (χ4n) is 1.71. The number of nitrogens with zero attached hydrogens (tertiary/aromatic N) is 1. The smallest absolute Gasteiger partial charge is 0.326 e. The van der Waals surface area contributed by atoms with Crippen LogP contribution in [0.5, 0.6) is 11.5 Å². The molecule has 0 radical (unpaired) electrons. The van der Waals surface area contributed by atoms with Crippen LogP contribution in [0.1, 0.15) is 23.2 Å². The predicted octanol–water partition coefficient (Wildman–Crippen LogP) is -0.666. The zero-order chi connectivity index (χ0) is 16.7. The number of hydrogen-bond donors (Lipinski definition) is 6. The minimum absolute atomic E-state index is 0.0967. The molecule has 0 aliphatic carbocycles. The van der Waals surface area contributed by atoms with Crippen LogP contribution in [-0.4, -0.2) is 45.7 Å². The van der Waals surface area contributed by atoms with Crippen LogP contribution in [0.3, 0.4) is 0 Å². The molecule has 0 heterocycles. The van der Waals surface area contributed by atoms with Crippen molar-refractivity contribution in [2.75, 3.05) is 6.54 Å². The van der Waals surface area contributed by atoms with Gasteiger partial charge >= 0.3 is 5.97 Å². The van der Waals surface area contributed by atoms with Gasteiger partial charge in [0.25, 0.3) is 5.91 Å². The first-order valence-corrected chi connectivity index (χ1v) is 6.43. The standard InChI is InChI=1S/C13H18N4O5/c14-13(15)16-6-2-4-8(12(21)22)17-11(20)7-3-1-5-9(18)10(7)19/h1,3,5,8,18-19H,2,4,6H2,(H,17,20)(H,21,22)(H4,14,15,16)/t8-/m0/s1. The van der Waals surface area contributed by atoms with E-state index in [9.17, 15) is 19.8 Å². The van der Waals surface area contributed by atoms with Crippen LogP contribution in [0, 0.1) is 0 Å². The molecule has 9 heteroatoms. The van der Waals surface area contributed by atoms with E-state index in [0.29, 0.717) is 6.42 Å². The Balaban J connectivity index is 2.70. The van der Waals surface area contributed by atoms with Gasteiger partial charge in [0.05, 0.1) is 5.56 Å². The monoisotopic (exact) mass is 310 g/mol. The molecule has 8 N–H and O–H groups in total. The summed E-state index contributed by atoms with van der Waals surface area (Å²) in [6, 6.07) is 2.67. The molecule has 0 spiro atoms. The van der Waals surface area contributed by atoms with E-state index in [1.165, 1.54) is 18.2 Å². The number of aliphatic carboxylic acids is 1. The normalized spacial score (nSPS) is 11.5. The van der Waals surface area contributed by atoms with Crippen molar-refractivity contribution in [3.05, 3.63) is 23.8 Å². The number of carbonyl (C=O) groups excluding carboxylic acids is 1. The zero-order valence-corrected chi connectivity index (χ0v) is 11.7. The van der Waals surface area contributed by atoms with Gasteiger partial charge in [-0.2, -0.15) is 0 Å². The lowest BCUT2D eigenvalue weighted by molar-refractivity contribution is -0.139. The van der Waals surface area contributed by atoms with Crippen LogP contribution >= 0.6 is 0 Å².